The average Bonchev–Trinajstić information content (AvgIpc) is 2.73. The van der Waals surface area contributed by atoms with Crippen molar-refractivity contribution in [2.75, 3.05) is 32.7 Å². The van der Waals surface area contributed by atoms with Gasteiger partial charge in [0.1, 0.15) is 0 Å². The fourth-order valence-electron chi connectivity index (χ4n) is 7.22. The van der Waals surface area contributed by atoms with Crippen molar-refractivity contribution in [1.29, 1.82) is 0 Å². The van der Waals surface area contributed by atoms with Gasteiger partial charge >= 0.3 is 0 Å². The Morgan fingerprint density at radius 1 is 0.967 bits per heavy atom. The van der Waals surface area contributed by atoms with E-state index in [4.69, 9.17) is 0 Å². The molecule has 6 rings (SSSR count). The van der Waals surface area contributed by atoms with Crippen molar-refractivity contribution in [2.24, 2.45) is 23.2 Å². The zero-order valence-electron chi connectivity index (χ0n) is 18.2. The van der Waals surface area contributed by atoms with Crippen LogP contribution < -0.4 is 5.32 Å². The number of carbonyl (C=O) groups excluding carboxylic acids is 2. The Bertz CT molecular complexity index is 750. The molecule has 162 valence electrons. The molecule has 5 nitrogen and oxygen atoms in total. The molecule has 4 saturated carbocycles. The quantitative estimate of drug-likeness (QED) is 0.813. The maximum atomic E-state index is 12.8. The van der Waals surface area contributed by atoms with E-state index in [0.29, 0.717) is 25.0 Å². The van der Waals surface area contributed by atoms with Gasteiger partial charge in [0.2, 0.25) is 5.91 Å². The number of nitrogens with zero attached hydrogens (tertiary/aromatic N) is 2. The van der Waals surface area contributed by atoms with Crippen LogP contribution in [0.25, 0.3) is 0 Å². The van der Waals surface area contributed by atoms with E-state index < -0.39 is 0 Å². The maximum absolute atomic E-state index is 12.8. The van der Waals surface area contributed by atoms with E-state index in [1.165, 1.54) is 38.5 Å². The van der Waals surface area contributed by atoms with Gasteiger partial charge in [0.15, 0.2) is 0 Å². The molecule has 5 fully saturated rings. The minimum absolute atomic E-state index is 0.0927. The van der Waals surface area contributed by atoms with Gasteiger partial charge in [-0.3, -0.25) is 14.5 Å². The Kier molecular flexibility index (Phi) is 5.34. The van der Waals surface area contributed by atoms with E-state index in [2.05, 4.69) is 17.1 Å². The molecule has 1 atom stereocenters. The summed E-state index contributed by atoms with van der Waals surface area (Å²) < 4.78 is 0. The van der Waals surface area contributed by atoms with Crippen LogP contribution in [0.1, 0.15) is 55.8 Å². The Morgan fingerprint density at radius 2 is 1.53 bits per heavy atom. The molecule has 1 heterocycles. The first-order valence-corrected chi connectivity index (χ1v) is 11.9. The van der Waals surface area contributed by atoms with Gasteiger partial charge in [-0.2, -0.15) is 0 Å². The van der Waals surface area contributed by atoms with Crippen molar-refractivity contribution in [2.45, 2.75) is 51.5 Å². The molecule has 1 aromatic rings. The van der Waals surface area contributed by atoms with Crippen molar-refractivity contribution < 1.29 is 9.59 Å². The molecular formula is C25H35N3O2. The van der Waals surface area contributed by atoms with Crippen molar-refractivity contribution in [3.63, 3.8) is 0 Å². The summed E-state index contributed by atoms with van der Waals surface area (Å²) in [6.07, 6.45) is 8.27. The molecule has 1 aliphatic heterocycles. The maximum Gasteiger partial charge on any atom is 0.253 e. The van der Waals surface area contributed by atoms with Crippen molar-refractivity contribution in [3.05, 3.63) is 35.9 Å². The summed E-state index contributed by atoms with van der Waals surface area (Å²) in [6.45, 7) is 5.60. The van der Waals surface area contributed by atoms with Crippen LogP contribution in [-0.4, -0.2) is 60.4 Å². The largest absolute Gasteiger partial charge is 0.352 e. The molecule has 4 bridgehead atoms. The van der Waals surface area contributed by atoms with Gasteiger partial charge in [0.05, 0.1) is 6.54 Å². The van der Waals surface area contributed by atoms with Crippen LogP contribution in [0.2, 0.25) is 0 Å². The van der Waals surface area contributed by atoms with Gasteiger partial charge in [0.25, 0.3) is 5.91 Å². The van der Waals surface area contributed by atoms with E-state index in [9.17, 15) is 9.59 Å². The highest BCUT2D eigenvalue weighted by Gasteiger charge is 2.53. The van der Waals surface area contributed by atoms with Gasteiger partial charge in [-0.25, -0.2) is 0 Å². The van der Waals surface area contributed by atoms with Crippen LogP contribution in [0, 0.1) is 23.2 Å². The number of benzene rings is 1. The molecule has 1 saturated heterocycles. The zero-order chi connectivity index (χ0) is 20.7. The number of rotatable bonds is 5. The SMILES string of the molecule is C[C@@H](NC(=O)CN1CCN(C(=O)c2ccccc2)CC1)C12CC3CC(CC(C3)C1)C2. The lowest BCUT2D eigenvalue weighted by Crippen LogP contribution is -2.57. The second-order valence-corrected chi connectivity index (χ2v) is 10.5. The lowest BCUT2D eigenvalue weighted by Gasteiger charge is -2.59. The van der Waals surface area contributed by atoms with Crippen LogP contribution in [-0.2, 0) is 4.79 Å². The summed E-state index contributed by atoms with van der Waals surface area (Å²) in [5.41, 5.74) is 1.10. The fraction of sp³-hybridized carbons (Fsp3) is 0.680. The van der Waals surface area contributed by atoms with Gasteiger partial charge in [-0.15, -0.1) is 0 Å². The predicted octanol–water partition coefficient (Wildman–Crippen LogP) is 3.17. The first kappa shape index (κ1) is 20.0. The number of amides is 2. The summed E-state index contributed by atoms with van der Waals surface area (Å²) in [7, 11) is 0. The molecule has 0 unspecified atom stereocenters. The van der Waals surface area contributed by atoms with Crippen LogP contribution in [0.5, 0.6) is 0 Å². The number of hydrogen-bond acceptors (Lipinski definition) is 3. The number of carbonyl (C=O) groups is 2. The molecule has 1 N–H and O–H groups in total. The topological polar surface area (TPSA) is 52.7 Å². The summed E-state index contributed by atoms with van der Waals surface area (Å²) in [6, 6.07) is 9.75. The van der Waals surface area contributed by atoms with Crippen LogP contribution >= 0.6 is 0 Å². The van der Waals surface area contributed by atoms with Gasteiger partial charge in [-0.1, -0.05) is 18.2 Å². The first-order chi connectivity index (χ1) is 14.5. The fourth-order valence-corrected chi connectivity index (χ4v) is 7.22. The Labute approximate surface area is 180 Å². The third kappa shape index (κ3) is 3.89. The Hall–Kier alpha value is -1.88. The van der Waals surface area contributed by atoms with E-state index in [-0.39, 0.29) is 17.9 Å². The van der Waals surface area contributed by atoms with Crippen LogP contribution in [0.15, 0.2) is 30.3 Å². The van der Waals surface area contributed by atoms with Crippen LogP contribution in [0.3, 0.4) is 0 Å². The van der Waals surface area contributed by atoms with E-state index in [1.807, 2.05) is 35.2 Å². The van der Waals surface area contributed by atoms with Crippen molar-refractivity contribution in [3.8, 4) is 0 Å². The molecule has 2 amide bonds. The monoisotopic (exact) mass is 409 g/mol. The van der Waals surface area contributed by atoms with Crippen LogP contribution in [0.4, 0.5) is 0 Å². The lowest BCUT2D eigenvalue weighted by molar-refractivity contribution is -0.127. The number of hydrogen-bond donors (Lipinski definition) is 1. The highest BCUT2D eigenvalue weighted by Crippen LogP contribution is 2.61. The van der Waals surface area contributed by atoms with E-state index >= 15 is 0 Å². The van der Waals surface area contributed by atoms with Crippen molar-refractivity contribution >= 4 is 11.8 Å². The summed E-state index contributed by atoms with van der Waals surface area (Å²) in [5, 5.41) is 3.38. The Morgan fingerprint density at radius 3 is 2.10 bits per heavy atom. The van der Waals surface area contributed by atoms with E-state index in [1.54, 1.807) is 0 Å². The summed E-state index contributed by atoms with van der Waals surface area (Å²) in [4.78, 5) is 29.5. The molecule has 0 spiro atoms. The molecule has 0 radical (unpaired) electrons. The molecule has 5 heteroatoms. The van der Waals surface area contributed by atoms with Gasteiger partial charge in [0, 0.05) is 37.8 Å². The van der Waals surface area contributed by atoms with Gasteiger partial charge < -0.3 is 10.2 Å². The third-order valence-corrected chi connectivity index (χ3v) is 8.43. The minimum Gasteiger partial charge on any atom is -0.352 e. The predicted molar refractivity (Wildman–Crippen MR) is 117 cm³/mol. The van der Waals surface area contributed by atoms with Gasteiger partial charge in [-0.05, 0) is 80.8 Å². The minimum atomic E-state index is 0.0927. The smallest absolute Gasteiger partial charge is 0.253 e. The standard InChI is InChI=1S/C25H35N3O2/c1-18(25-14-19-11-20(15-25)13-21(12-19)16-25)26-23(29)17-27-7-9-28(10-8-27)24(30)22-5-3-2-4-6-22/h2-6,18-21H,7-17H2,1H3,(H,26,29)/t18-,19?,20?,21?,25?/m1/s1. The Balaban J connectivity index is 1.11. The van der Waals surface area contributed by atoms with Crippen molar-refractivity contribution in [1.82, 2.24) is 15.1 Å². The molecule has 4 aliphatic carbocycles. The molecular weight excluding hydrogens is 374 g/mol. The molecule has 30 heavy (non-hydrogen) atoms. The first-order valence-electron chi connectivity index (χ1n) is 11.9. The summed E-state index contributed by atoms with van der Waals surface area (Å²) in [5.74, 6) is 2.97. The second kappa shape index (κ2) is 7.99. The zero-order valence-corrected chi connectivity index (χ0v) is 18.2. The lowest BCUT2D eigenvalue weighted by atomic mass is 9.48. The number of piperazine rings is 1. The van der Waals surface area contributed by atoms with E-state index in [0.717, 1.165) is 36.4 Å². The highest BCUT2D eigenvalue weighted by atomic mass is 16.2. The normalized spacial score (nSPS) is 34.0. The average molecular weight is 410 g/mol. The third-order valence-electron chi connectivity index (χ3n) is 8.43. The molecule has 5 aliphatic rings. The summed E-state index contributed by atoms with van der Waals surface area (Å²) >= 11 is 0. The number of nitrogens with one attached hydrogen (secondary N) is 1. The molecule has 0 aromatic heterocycles. The molecule has 1 aromatic carbocycles. The highest BCUT2D eigenvalue weighted by molar-refractivity contribution is 5.94. The second-order valence-electron chi connectivity index (χ2n) is 10.5.